The first-order valence-electron chi connectivity index (χ1n) is 8.85. The SMILES string of the molecule is CN=C(NCCCCN(C)C(C)C)NCCc1ccccc1OC. The van der Waals surface area contributed by atoms with Crippen molar-refractivity contribution in [2.24, 2.45) is 4.99 Å². The quantitative estimate of drug-likeness (QED) is 0.392. The van der Waals surface area contributed by atoms with Crippen LogP contribution in [0.2, 0.25) is 0 Å². The maximum absolute atomic E-state index is 5.38. The van der Waals surface area contributed by atoms with Crippen LogP contribution in [0, 0.1) is 0 Å². The van der Waals surface area contributed by atoms with Crippen LogP contribution in [0.25, 0.3) is 0 Å². The number of rotatable bonds is 10. The van der Waals surface area contributed by atoms with Gasteiger partial charge in [-0.1, -0.05) is 18.2 Å². The van der Waals surface area contributed by atoms with Gasteiger partial charge in [0.05, 0.1) is 7.11 Å². The van der Waals surface area contributed by atoms with Crippen LogP contribution in [0.15, 0.2) is 29.3 Å². The largest absolute Gasteiger partial charge is 0.496 e. The van der Waals surface area contributed by atoms with Crippen LogP contribution in [0.4, 0.5) is 0 Å². The van der Waals surface area contributed by atoms with Gasteiger partial charge < -0.3 is 20.3 Å². The minimum atomic E-state index is 0.613. The van der Waals surface area contributed by atoms with Crippen LogP contribution in [0.5, 0.6) is 5.75 Å². The van der Waals surface area contributed by atoms with Crippen LogP contribution in [0.1, 0.15) is 32.3 Å². The second kappa shape index (κ2) is 11.7. The lowest BCUT2D eigenvalue weighted by molar-refractivity contribution is 0.268. The molecule has 0 aliphatic carbocycles. The summed E-state index contributed by atoms with van der Waals surface area (Å²) >= 11 is 0. The molecule has 0 atom stereocenters. The lowest BCUT2D eigenvalue weighted by atomic mass is 10.1. The zero-order valence-electron chi connectivity index (χ0n) is 15.9. The Morgan fingerprint density at radius 3 is 2.54 bits per heavy atom. The highest BCUT2D eigenvalue weighted by molar-refractivity contribution is 5.79. The Morgan fingerprint density at radius 1 is 1.17 bits per heavy atom. The third kappa shape index (κ3) is 7.68. The van der Waals surface area contributed by atoms with Gasteiger partial charge in [0.15, 0.2) is 5.96 Å². The molecule has 136 valence electrons. The van der Waals surface area contributed by atoms with Gasteiger partial charge >= 0.3 is 0 Å². The molecule has 1 aromatic carbocycles. The van der Waals surface area contributed by atoms with Crippen LogP contribution < -0.4 is 15.4 Å². The molecule has 0 bridgehead atoms. The maximum atomic E-state index is 5.38. The van der Waals surface area contributed by atoms with E-state index in [2.05, 4.69) is 47.5 Å². The van der Waals surface area contributed by atoms with Gasteiger partial charge in [-0.05, 0) is 58.3 Å². The maximum Gasteiger partial charge on any atom is 0.190 e. The van der Waals surface area contributed by atoms with E-state index in [-0.39, 0.29) is 0 Å². The summed E-state index contributed by atoms with van der Waals surface area (Å²) < 4.78 is 5.38. The number of benzene rings is 1. The molecule has 0 spiro atoms. The number of hydrogen-bond acceptors (Lipinski definition) is 3. The zero-order chi connectivity index (χ0) is 17.8. The normalized spacial score (nSPS) is 11.9. The smallest absolute Gasteiger partial charge is 0.190 e. The molecule has 1 aromatic rings. The van der Waals surface area contributed by atoms with Crippen molar-refractivity contribution in [3.05, 3.63) is 29.8 Å². The molecule has 0 fully saturated rings. The van der Waals surface area contributed by atoms with Crippen molar-refractivity contribution in [2.75, 3.05) is 40.8 Å². The summed E-state index contributed by atoms with van der Waals surface area (Å²) in [5, 5.41) is 6.74. The monoisotopic (exact) mass is 334 g/mol. The first kappa shape index (κ1) is 20.3. The van der Waals surface area contributed by atoms with Gasteiger partial charge in [-0.15, -0.1) is 0 Å². The minimum absolute atomic E-state index is 0.613. The van der Waals surface area contributed by atoms with Crippen LogP contribution in [0.3, 0.4) is 0 Å². The Kier molecular flexibility index (Phi) is 9.92. The molecule has 0 aliphatic heterocycles. The minimum Gasteiger partial charge on any atom is -0.496 e. The Morgan fingerprint density at radius 2 is 1.88 bits per heavy atom. The number of aliphatic imine (C=N–C) groups is 1. The molecule has 0 radical (unpaired) electrons. The van der Waals surface area contributed by atoms with E-state index < -0.39 is 0 Å². The summed E-state index contributed by atoms with van der Waals surface area (Å²) in [4.78, 5) is 6.65. The van der Waals surface area contributed by atoms with Crippen molar-refractivity contribution >= 4 is 5.96 Å². The van der Waals surface area contributed by atoms with Gasteiger partial charge in [0.2, 0.25) is 0 Å². The number of para-hydroxylation sites is 1. The van der Waals surface area contributed by atoms with Crippen LogP contribution in [-0.4, -0.2) is 57.7 Å². The first-order valence-corrected chi connectivity index (χ1v) is 8.85. The van der Waals surface area contributed by atoms with Gasteiger partial charge in [0.1, 0.15) is 5.75 Å². The molecule has 2 N–H and O–H groups in total. The Balaban J connectivity index is 2.21. The number of guanidine groups is 1. The van der Waals surface area contributed by atoms with E-state index in [1.54, 1.807) is 7.11 Å². The second-order valence-corrected chi connectivity index (χ2v) is 6.27. The molecule has 0 heterocycles. The fourth-order valence-electron chi connectivity index (χ4n) is 2.40. The summed E-state index contributed by atoms with van der Waals surface area (Å²) in [6.07, 6.45) is 3.24. The molecule has 5 nitrogen and oxygen atoms in total. The number of unbranched alkanes of at least 4 members (excludes halogenated alkanes) is 1. The molecule has 0 saturated heterocycles. The van der Waals surface area contributed by atoms with E-state index in [0.717, 1.165) is 44.2 Å². The third-order valence-corrected chi connectivity index (χ3v) is 4.21. The van der Waals surface area contributed by atoms with Crippen molar-refractivity contribution in [2.45, 2.75) is 39.2 Å². The summed E-state index contributed by atoms with van der Waals surface area (Å²) in [5.74, 6) is 1.80. The topological polar surface area (TPSA) is 48.9 Å². The number of hydrogen-bond donors (Lipinski definition) is 2. The molecule has 24 heavy (non-hydrogen) atoms. The highest BCUT2D eigenvalue weighted by Crippen LogP contribution is 2.17. The van der Waals surface area contributed by atoms with Crippen molar-refractivity contribution in [1.82, 2.24) is 15.5 Å². The van der Waals surface area contributed by atoms with E-state index in [1.165, 1.54) is 12.0 Å². The number of nitrogens with one attached hydrogen (secondary N) is 2. The van der Waals surface area contributed by atoms with E-state index in [9.17, 15) is 0 Å². The third-order valence-electron chi connectivity index (χ3n) is 4.21. The van der Waals surface area contributed by atoms with Crippen LogP contribution >= 0.6 is 0 Å². The molecule has 0 aliphatic rings. The molecular weight excluding hydrogens is 300 g/mol. The highest BCUT2D eigenvalue weighted by atomic mass is 16.5. The molecule has 0 amide bonds. The lowest BCUT2D eigenvalue weighted by Gasteiger charge is -2.20. The summed E-state index contributed by atoms with van der Waals surface area (Å²) in [6, 6.07) is 8.74. The van der Waals surface area contributed by atoms with E-state index in [0.29, 0.717) is 6.04 Å². The summed E-state index contributed by atoms with van der Waals surface area (Å²) in [5.41, 5.74) is 1.21. The molecule has 0 saturated carbocycles. The predicted molar refractivity (Wildman–Crippen MR) is 103 cm³/mol. The number of nitrogens with zero attached hydrogens (tertiary/aromatic N) is 2. The number of ether oxygens (including phenoxy) is 1. The molecule has 5 heteroatoms. The van der Waals surface area contributed by atoms with Gasteiger partial charge in [0, 0.05) is 26.2 Å². The first-order chi connectivity index (χ1) is 11.6. The Bertz CT molecular complexity index is 488. The lowest BCUT2D eigenvalue weighted by Crippen LogP contribution is -2.39. The van der Waals surface area contributed by atoms with Crippen molar-refractivity contribution in [1.29, 1.82) is 0 Å². The van der Waals surface area contributed by atoms with Crippen molar-refractivity contribution in [3.63, 3.8) is 0 Å². The summed E-state index contributed by atoms with van der Waals surface area (Å²) in [6.45, 7) is 7.37. The van der Waals surface area contributed by atoms with Crippen LogP contribution in [-0.2, 0) is 6.42 Å². The predicted octanol–water partition coefficient (Wildman–Crippen LogP) is 2.52. The molecule has 0 aromatic heterocycles. The van der Waals surface area contributed by atoms with Gasteiger partial charge in [0.25, 0.3) is 0 Å². The Hall–Kier alpha value is -1.75. The fraction of sp³-hybridized carbons (Fsp3) is 0.632. The average molecular weight is 335 g/mol. The van der Waals surface area contributed by atoms with Gasteiger partial charge in [-0.3, -0.25) is 4.99 Å². The summed E-state index contributed by atoms with van der Waals surface area (Å²) in [7, 11) is 5.70. The molecular formula is C19H34N4O. The standard InChI is InChI=1S/C19H34N4O/c1-16(2)23(4)15-9-8-13-21-19(20-3)22-14-12-17-10-6-7-11-18(17)24-5/h6-7,10-11,16H,8-9,12-15H2,1-5H3,(H2,20,21,22). The van der Waals surface area contributed by atoms with Crippen molar-refractivity contribution < 1.29 is 4.74 Å². The molecule has 0 unspecified atom stereocenters. The van der Waals surface area contributed by atoms with Gasteiger partial charge in [-0.25, -0.2) is 0 Å². The van der Waals surface area contributed by atoms with Crippen molar-refractivity contribution in [3.8, 4) is 5.75 Å². The highest BCUT2D eigenvalue weighted by Gasteiger charge is 2.04. The van der Waals surface area contributed by atoms with E-state index in [4.69, 9.17) is 4.74 Å². The fourth-order valence-corrected chi connectivity index (χ4v) is 2.40. The zero-order valence-corrected chi connectivity index (χ0v) is 15.9. The average Bonchev–Trinajstić information content (AvgIpc) is 2.59. The Labute approximate surface area is 147 Å². The second-order valence-electron chi connectivity index (χ2n) is 6.27. The molecule has 1 rings (SSSR count). The van der Waals surface area contributed by atoms with E-state index >= 15 is 0 Å². The number of methoxy groups -OCH3 is 1. The van der Waals surface area contributed by atoms with E-state index in [1.807, 2.05) is 25.2 Å². The van der Waals surface area contributed by atoms with Gasteiger partial charge in [-0.2, -0.15) is 0 Å².